The van der Waals surface area contributed by atoms with E-state index in [1.54, 1.807) is 11.0 Å². The average Bonchev–Trinajstić information content (AvgIpc) is 3.04. The predicted molar refractivity (Wildman–Crippen MR) is 112 cm³/mol. The molecule has 8 heteroatoms. The van der Waals surface area contributed by atoms with E-state index in [4.69, 9.17) is 9.47 Å². The van der Waals surface area contributed by atoms with E-state index in [1.807, 2.05) is 25.2 Å². The topological polar surface area (TPSA) is 96.4 Å². The number of fused-ring (bicyclic) bond motifs is 2. The molecule has 4 heterocycles. The van der Waals surface area contributed by atoms with E-state index >= 15 is 0 Å². The SMILES string of the molecule is CCCCN1CC=C[C@]23O[C@@]4(CC)C=CCOC(=O)[C@H]4[C@H]2C(=O)N(CCCO)C3C1=O. The number of carbonyl (C=O) groups is 3. The number of cyclic esters (lactones) is 1. The van der Waals surface area contributed by atoms with Gasteiger partial charge in [-0.2, -0.15) is 0 Å². The van der Waals surface area contributed by atoms with Crippen molar-refractivity contribution in [2.24, 2.45) is 11.8 Å². The number of unbranched alkanes of at least 4 members (excludes halogenated alkanes) is 1. The molecule has 170 valence electrons. The number of carbonyl (C=O) groups excluding carboxylic acids is 3. The van der Waals surface area contributed by atoms with Crippen molar-refractivity contribution in [3.8, 4) is 0 Å². The average molecular weight is 433 g/mol. The van der Waals surface area contributed by atoms with Crippen LogP contribution in [0.15, 0.2) is 24.3 Å². The summed E-state index contributed by atoms with van der Waals surface area (Å²) in [5.41, 5.74) is -2.22. The normalized spacial score (nSPS) is 36.7. The molecule has 1 unspecified atom stereocenters. The lowest BCUT2D eigenvalue weighted by atomic mass is 9.73. The molecule has 2 fully saturated rings. The minimum absolute atomic E-state index is 0.0916. The molecule has 0 aromatic rings. The fraction of sp³-hybridized carbons (Fsp3) is 0.696. The molecule has 0 saturated carbocycles. The van der Waals surface area contributed by atoms with Gasteiger partial charge in [-0.25, -0.2) is 0 Å². The number of hydrogen-bond donors (Lipinski definition) is 1. The number of nitrogens with zero attached hydrogens (tertiary/aromatic N) is 2. The van der Waals surface area contributed by atoms with Crippen LogP contribution in [0.5, 0.6) is 0 Å². The van der Waals surface area contributed by atoms with Gasteiger partial charge in [0.15, 0.2) is 0 Å². The molecule has 4 aliphatic heterocycles. The summed E-state index contributed by atoms with van der Waals surface area (Å²) in [6.07, 6.45) is 10.00. The summed E-state index contributed by atoms with van der Waals surface area (Å²) in [4.78, 5) is 43.8. The molecule has 31 heavy (non-hydrogen) atoms. The highest BCUT2D eigenvalue weighted by Gasteiger charge is 2.75. The van der Waals surface area contributed by atoms with Crippen molar-refractivity contribution in [1.29, 1.82) is 0 Å². The third-order valence-electron chi connectivity index (χ3n) is 7.12. The Hall–Kier alpha value is -2.19. The van der Waals surface area contributed by atoms with Crippen LogP contribution in [0.2, 0.25) is 0 Å². The molecule has 2 amide bonds. The summed E-state index contributed by atoms with van der Waals surface area (Å²) >= 11 is 0. The van der Waals surface area contributed by atoms with Crippen LogP contribution < -0.4 is 0 Å². The molecule has 1 spiro atoms. The minimum atomic E-state index is -1.23. The predicted octanol–water partition coefficient (Wildman–Crippen LogP) is 1.04. The van der Waals surface area contributed by atoms with E-state index in [0.29, 0.717) is 25.9 Å². The Kier molecular flexibility index (Phi) is 5.96. The summed E-state index contributed by atoms with van der Waals surface area (Å²) in [5, 5.41) is 9.38. The Labute approximate surface area is 182 Å². The number of rotatable bonds is 7. The quantitative estimate of drug-likeness (QED) is 0.477. The van der Waals surface area contributed by atoms with Crippen LogP contribution in [-0.4, -0.2) is 82.8 Å². The number of ether oxygens (including phenoxy) is 2. The molecular formula is C23H32N2O6. The van der Waals surface area contributed by atoms with Crippen molar-refractivity contribution < 1.29 is 29.0 Å². The zero-order valence-corrected chi connectivity index (χ0v) is 18.3. The second-order valence-corrected chi connectivity index (χ2v) is 8.80. The van der Waals surface area contributed by atoms with E-state index < -0.39 is 35.0 Å². The first-order valence-electron chi connectivity index (χ1n) is 11.4. The molecule has 4 rings (SSSR count). The monoisotopic (exact) mass is 432 g/mol. The smallest absolute Gasteiger partial charge is 0.313 e. The van der Waals surface area contributed by atoms with Crippen LogP contribution in [0.1, 0.15) is 39.5 Å². The molecule has 4 aliphatic rings. The largest absolute Gasteiger partial charge is 0.461 e. The number of likely N-dealkylation sites (tertiary alicyclic amines) is 1. The fourth-order valence-electron chi connectivity index (χ4n) is 5.67. The number of aliphatic hydroxyl groups excluding tert-OH is 1. The van der Waals surface area contributed by atoms with Crippen molar-refractivity contribution in [1.82, 2.24) is 9.80 Å². The zero-order chi connectivity index (χ0) is 22.2. The summed E-state index contributed by atoms with van der Waals surface area (Å²) in [6.45, 7) is 5.32. The van der Waals surface area contributed by atoms with Crippen LogP contribution in [0.3, 0.4) is 0 Å². The summed E-state index contributed by atoms with van der Waals surface area (Å²) in [7, 11) is 0. The maximum atomic E-state index is 13.8. The number of esters is 1. The Bertz CT molecular complexity index is 810. The Balaban J connectivity index is 1.83. The lowest BCUT2D eigenvalue weighted by Gasteiger charge is -2.38. The van der Waals surface area contributed by atoms with Crippen molar-refractivity contribution in [2.75, 3.05) is 32.8 Å². The van der Waals surface area contributed by atoms with Gasteiger partial charge in [0.1, 0.15) is 29.8 Å². The number of amides is 2. The third-order valence-corrected chi connectivity index (χ3v) is 7.12. The highest BCUT2D eigenvalue weighted by atomic mass is 16.6. The van der Waals surface area contributed by atoms with Crippen LogP contribution >= 0.6 is 0 Å². The zero-order valence-electron chi connectivity index (χ0n) is 18.3. The summed E-state index contributed by atoms with van der Waals surface area (Å²) in [6, 6.07) is -0.858. The standard InChI is InChI=1S/C23H32N2O6/c1-3-5-11-24-12-6-10-23-16(19(27)25(13-8-14-26)18(23)20(24)28)17-21(29)30-15-7-9-22(17,4-2)31-23/h6-7,9-10,16-18,26H,3-5,8,11-15H2,1-2H3/t16-,17+,18?,22-,23-/m0/s1. The molecule has 0 radical (unpaired) electrons. The maximum absolute atomic E-state index is 13.8. The van der Waals surface area contributed by atoms with Crippen LogP contribution in [0, 0.1) is 11.8 Å². The lowest BCUT2D eigenvalue weighted by Crippen LogP contribution is -2.56. The van der Waals surface area contributed by atoms with Crippen LogP contribution in [-0.2, 0) is 23.9 Å². The summed E-state index contributed by atoms with van der Waals surface area (Å²) in [5.74, 6) is -2.55. The van der Waals surface area contributed by atoms with Crippen LogP contribution in [0.4, 0.5) is 0 Å². The molecule has 8 nitrogen and oxygen atoms in total. The molecule has 1 N–H and O–H groups in total. The number of hydrogen-bond acceptors (Lipinski definition) is 6. The van der Waals surface area contributed by atoms with Crippen molar-refractivity contribution in [2.45, 2.75) is 56.8 Å². The van der Waals surface area contributed by atoms with Gasteiger partial charge >= 0.3 is 5.97 Å². The van der Waals surface area contributed by atoms with E-state index in [0.717, 1.165) is 12.8 Å². The second-order valence-electron chi connectivity index (χ2n) is 8.80. The molecule has 2 saturated heterocycles. The molecule has 0 aliphatic carbocycles. The summed E-state index contributed by atoms with van der Waals surface area (Å²) < 4.78 is 12.1. The molecular weight excluding hydrogens is 400 g/mol. The van der Waals surface area contributed by atoms with E-state index in [2.05, 4.69) is 6.92 Å². The first kappa shape index (κ1) is 22.0. The molecule has 0 aromatic heterocycles. The highest BCUT2D eigenvalue weighted by Crippen LogP contribution is 2.58. The van der Waals surface area contributed by atoms with Gasteiger partial charge in [0.25, 0.3) is 0 Å². The van der Waals surface area contributed by atoms with Gasteiger partial charge in [-0.05, 0) is 25.3 Å². The van der Waals surface area contributed by atoms with E-state index in [9.17, 15) is 19.5 Å². The van der Waals surface area contributed by atoms with E-state index in [1.165, 1.54) is 4.90 Å². The van der Waals surface area contributed by atoms with Gasteiger partial charge in [-0.3, -0.25) is 14.4 Å². The van der Waals surface area contributed by atoms with Gasteiger partial charge in [0.05, 0.1) is 5.92 Å². The third kappa shape index (κ3) is 3.22. The lowest BCUT2D eigenvalue weighted by molar-refractivity contribution is -0.159. The Morgan fingerprint density at radius 1 is 1.06 bits per heavy atom. The fourth-order valence-corrected chi connectivity index (χ4v) is 5.67. The van der Waals surface area contributed by atoms with Gasteiger partial charge in [0.2, 0.25) is 11.8 Å². The number of aliphatic hydroxyl groups is 1. The highest BCUT2D eigenvalue weighted by molar-refractivity contribution is 5.99. The molecule has 0 aromatic carbocycles. The first-order chi connectivity index (χ1) is 15.0. The maximum Gasteiger partial charge on any atom is 0.313 e. The van der Waals surface area contributed by atoms with Gasteiger partial charge in [-0.1, -0.05) is 38.5 Å². The van der Waals surface area contributed by atoms with Gasteiger partial charge < -0.3 is 24.4 Å². The molecule has 0 bridgehead atoms. The van der Waals surface area contributed by atoms with Crippen molar-refractivity contribution in [3.05, 3.63) is 24.3 Å². The molecule has 5 atom stereocenters. The van der Waals surface area contributed by atoms with Crippen molar-refractivity contribution >= 4 is 17.8 Å². The Morgan fingerprint density at radius 3 is 2.58 bits per heavy atom. The minimum Gasteiger partial charge on any atom is -0.461 e. The van der Waals surface area contributed by atoms with Gasteiger partial charge in [0, 0.05) is 26.2 Å². The van der Waals surface area contributed by atoms with Gasteiger partial charge in [-0.15, -0.1) is 0 Å². The Morgan fingerprint density at radius 2 is 1.87 bits per heavy atom. The second kappa shape index (κ2) is 8.39. The first-order valence-corrected chi connectivity index (χ1v) is 11.4. The van der Waals surface area contributed by atoms with Crippen LogP contribution in [0.25, 0.3) is 0 Å². The van der Waals surface area contributed by atoms with E-state index in [-0.39, 0.29) is 31.6 Å². The van der Waals surface area contributed by atoms with Crippen molar-refractivity contribution in [3.63, 3.8) is 0 Å².